The number of hydrogen-bond acceptors (Lipinski definition) is 2. The molecule has 0 bridgehead atoms. The Morgan fingerprint density at radius 2 is 1.70 bits per heavy atom. The Kier molecular flexibility index (Phi) is 4.52. The van der Waals surface area contributed by atoms with Crippen LogP contribution in [-0.4, -0.2) is 12.2 Å². The summed E-state index contributed by atoms with van der Waals surface area (Å²) in [6, 6.07) is 6.57. The molecule has 1 rings (SSSR count). The van der Waals surface area contributed by atoms with Crippen molar-refractivity contribution >= 4 is 0 Å². The summed E-state index contributed by atoms with van der Waals surface area (Å²) in [5, 5.41) is 8.80. The maximum absolute atomic E-state index is 8.80. The van der Waals surface area contributed by atoms with Crippen LogP contribution in [-0.2, 0) is 0 Å². The van der Waals surface area contributed by atoms with Gasteiger partial charge < -0.3 is 9.84 Å². The molecule has 2 nitrogen and oxygen atoms in total. The Balaban J connectivity index is 0.000000810. The maximum atomic E-state index is 8.80. The van der Waals surface area contributed by atoms with E-state index < -0.39 is 0 Å². The Morgan fingerprint density at radius 3 is 2.10 bits per heavy atom. The van der Waals surface area contributed by atoms with Crippen LogP contribution in [0.2, 0.25) is 0 Å². The zero-order valence-corrected chi connectivity index (χ0v) is 8.16. The second kappa shape index (κ2) is 4.61. The van der Waals surface area contributed by atoms with Gasteiger partial charge in [0.1, 0.15) is 11.5 Å². The molecule has 0 aliphatic carbocycles. The topological polar surface area (TPSA) is 29.5 Å². The second-order valence-corrected chi connectivity index (χ2v) is 1.70. The second-order valence-electron chi connectivity index (χ2n) is 1.70. The van der Waals surface area contributed by atoms with E-state index in [-0.39, 0.29) is 35.3 Å². The first-order chi connectivity index (χ1) is 4.33. The smallest absolute Gasteiger partial charge is 0.508 e. The van der Waals surface area contributed by atoms with E-state index in [1.54, 1.807) is 31.4 Å². The predicted octanol–water partition coefficient (Wildman–Crippen LogP) is -1.60. The van der Waals surface area contributed by atoms with Crippen LogP contribution in [0.25, 0.3) is 0 Å². The van der Waals surface area contributed by atoms with E-state index in [0.29, 0.717) is 0 Å². The molecule has 3 heteroatoms. The molecule has 0 aromatic heterocycles. The number of rotatable bonds is 1. The van der Waals surface area contributed by atoms with Gasteiger partial charge in [0.2, 0.25) is 0 Å². The minimum Gasteiger partial charge on any atom is -0.508 e. The number of hydrogen-bond donors (Lipinski definition) is 1. The van der Waals surface area contributed by atoms with Gasteiger partial charge in [-0.25, -0.2) is 0 Å². The van der Waals surface area contributed by atoms with E-state index in [1.165, 1.54) is 0 Å². The Morgan fingerprint density at radius 1 is 1.20 bits per heavy atom. The van der Waals surface area contributed by atoms with Gasteiger partial charge in [-0.2, -0.15) is 0 Å². The van der Waals surface area contributed by atoms with Crippen LogP contribution in [0.3, 0.4) is 0 Å². The van der Waals surface area contributed by atoms with Gasteiger partial charge in [0.25, 0.3) is 0 Å². The van der Waals surface area contributed by atoms with Crippen LogP contribution in [0.4, 0.5) is 0 Å². The molecule has 48 valence electrons. The minimum absolute atomic E-state index is 0. The summed E-state index contributed by atoms with van der Waals surface area (Å²) in [6.45, 7) is 0. The van der Waals surface area contributed by atoms with Crippen molar-refractivity contribution in [2.45, 2.75) is 0 Å². The van der Waals surface area contributed by atoms with Gasteiger partial charge in [0.05, 0.1) is 7.11 Å². The molecule has 0 saturated carbocycles. The molecule has 0 amide bonds. The van der Waals surface area contributed by atoms with Crippen molar-refractivity contribution in [3.8, 4) is 11.5 Å². The maximum Gasteiger partial charge on any atom is 1.00 e. The number of aromatic hydroxyl groups is 1. The molecular weight excluding hydrogens is 139 g/mol. The summed E-state index contributed by atoms with van der Waals surface area (Å²) in [6.07, 6.45) is 0. The molecule has 0 saturated heterocycles. The Hall–Kier alpha value is -0.180. The average molecular weight is 147 g/mol. The molecule has 0 heterocycles. The summed E-state index contributed by atoms with van der Waals surface area (Å²) >= 11 is 0. The van der Waals surface area contributed by atoms with Crippen LogP contribution in [0, 0.1) is 0 Å². The average Bonchev–Trinajstić information content (AvgIpc) is 1.90. The van der Waals surface area contributed by atoms with Crippen molar-refractivity contribution in [1.82, 2.24) is 0 Å². The first-order valence-corrected chi connectivity index (χ1v) is 2.66. The first kappa shape index (κ1) is 9.82. The van der Waals surface area contributed by atoms with Crippen LogP contribution < -0.4 is 34.3 Å². The molecule has 0 atom stereocenters. The summed E-state index contributed by atoms with van der Waals surface area (Å²) < 4.78 is 4.86. The van der Waals surface area contributed by atoms with Crippen molar-refractivity contribution in [2.24, 2.45) is 0 Å². The Labute approximate surface area is 82.1 Å². The predicted molar refractivity (Wildman–Crippen MR) is 34.7 cm³/mol. The van der Waals surface area contributed by atoms with Crippen LogP contribution in [0.5, 0.6) is 11.5 Å². The number of phenols is 1. The molecular formula is C7H8NaO2+. The summed E-state index contributed by atoms with van der Waals surface area (Å²) in [5.74, 6) is 1.02. The van der Waals surface area contributed by atoms with Gasteiger partial charge in [-0.05, 0) is 24.3 Å². The van der Waals surface area contributed by atoms with E-state index in [9.17, 15) is 0 Å². The third-order valence-corrected chi connectivity index (χ3v) is 1.07. The van der Waals surface area contributed by atoms with Crippen molar-refractivity contribution < 1.29 is 39.4 Å². The summed E-state index contributed by atoms with van der Waals surface area (Å²) in [7, 11) is 1.59. The minimum atomic E-state index is 0. The largest absolute Gasteiger partial charge is 1.00 e. The van der Waals surface area contributed by atoms with Gasteiger partial charge in [-0.3, -0.25) is 0 Å². The van der Waals surface area contributed by atoms with Gasteiger partial charge in [0, 0.05) is 0 Å². The number of ether oxygens (including phenoxy) is 1. The van der Waals surface area contributed by atoms with Crippen molar-refractivity contribution in [3.05, 3.63) is 24.3 Å². The molecule has 0 aliphatic rings. The van der Waals surface area contributed by atoms with Gasteiger partial charge in [-0.1, -0.05) is 0 Å². The van der Waals surface area contributed by atoms with E-state index in [2.05, 4.69) is 0 Å². The number of phenolic OH excluding ortho intramolecular Hbond substituents is 1. The molecule has 1 N–H and O–H groups in total. The number of methoxy groups -OCH3 is 1. The molecule has 1 aromatic rings. The third-order valence-electron chi connectivity index (χ3n) is 1.07. The zero-order chi connectivity index (χ0) is 6.69. The fourth-order valence-corrected chi connectivity index (χ4v) is 0.582. The van der Waals surface area contributed by atoms with Crippen LogP contribution >= 0.6 is 0 Å². The van der Waals surface area contributed by atoms with E-state index in [1.807, 2.05) is 0 Å². The SMILES string of the molecule is COc1ccc(O)cc1.[Na+]. The molecule has 0 fully saturated rings. The fraction of sp³-hybridized carbons (Fsp3) is 0.143. The molecule has 0 unspecified atom stereocenters. The van der Waals surface area contributed by atoms with E-state index in [4.69, 9.17) is 9.84 Å². The van der Waals surface area contributed by atoms with Gasteiger partial charge in [0.15, 0.2) is 0 Å². The van der Waals surface area contributed by atoms with Crippen molar-refractivity contribution in [3.63, 3.8) is 0 Å². The molecule has 0 aliphatic heterocycles. The van der Waals surface area contributed by atoms with Gasteiger partial charge in [-0.15, -0.1) is 0 Å². The quantitative estimate of drug-likeness (QED) is 0.485. The van der Waals surface area contributed by atoms with Gasteiger partial charge >= 0.3 is 29.6 Å². The van der Waals surface area contributed by atoms with Crippen LogP contribution in [0.1, 0.15) is 0 Å². The monoisotopic (exact) mass is 147 g/mol. The van der Waals surface area contributed by atoms with E-state index >= 15 is 0 Å². The summed E-state index contributed by atoms with van der Waals surface area (Å²) in [5.41, 5.74) is 0. The molecule has 0 spiro atoms. The number of benzene rings is 1. The van der Waals surface area contributed by atoms with Crippen LogP contribution in [0.15, 0.2) is 24.3 Å². The zero-order valence-electron chi connectivity index (χ0n) is 6.16. The first-order valence-electron chi connectivity index (χ1n) is 2.66. The normalized spacial score (nSPS) is 8.10. The van der Waals surface area contributed by atoms with E-state index in [0.717, 1.165) is 5.75 Å². The molecule has 0 radical (unpaired) electrons. The van der Waals surface area contributed by atoms with Crippen molar-refractivity contribution in [1.29, 1.82) is 0 Å². The Bertz CT molecular complexity index is 183. The molecule has 1 aromatic carbocycles. The molecule has 10 heavy (non-hydrogen) atoms. The summed E-state index contributed by atoms with van der Waals surface area (Å²) in [4.78, 5) is 0. The standard InChI is InChI=1S/C7H8O2.Na/c1-9-7-4-2-6(8)3-5-7;/h2-5,8H,1H3;/q;+1. The third kappa shape index (κ3) is 2.60. The van der Waals surface area contributed by atoms with Crippen molar-refractivity contribution in [2.75, 3.05) is 7.11 Å². The fourth-order valence-electron chi connectivity index (χ4n) is 0.582.